The number of carbonyl (C=O) groups is 2. The second kappa shape index (κ2) is 8.30. The lowest BCUT2D eigenvalue weighted by molar-refractivity contribution is -0.179. The molecule has 1 saturated heterocycles. The second-order valence-electron chi connectivity index (χ2n) is 7.48. The van der Waals surface area contributed by atoms with Crippen molar-refractivity contribution in [2.45, 2.75) is 37.5 Å². The van der Waals surface area contributed by atoms with Crippen LogP contribution in [0.1, 0.15) is 42.7 Å². The maximum absolute atomic E-state index is 13.2. The number of ether oxygens (including phenoxy) is 1. The molecule has 1 aliphatic carbocycles. The van der Waals surface area contributed by atoms with Crippen molar-refractivity contribution in [2.75, 3.05) is 6.54 Å². The summed E-state index contributed by atoms with van der Waals surface area (Å²) in [6.45, 7) is 0.546. The van der Waals surface area contributed by atoms with Crippen molar-refractivity contribution in [1.29, 1.82) is 0 Å². The first-order valence-electron chi connectivity index (χ1n) is 9.47. The van der Waals surface area contributed by atoms with Gasteiger partial charge in [0.05, 0.1) is 17.1 Å². The van der Waals surface area contributed by atoms with Gasteiger partial charge in [-0.3, -0.25) is 14.6 Å². The fraction of sp³-hybridized carbons (Fsp3) is 0.381. The van der Waals surface area contributed by atoms with E-state index < -0.39 is 30.6 Å². The second-order valence-corrected chi connectivity index (χ2v) is 8.35. The minimum Gasteiger partial charge on any atom is -0.481 e. The fourth-order valence-electron chi connectivity index (χ4n) is 3.69. The van der Waals surface area contributed by atoms with E-state index in [0.29, 0.717) is 28.2 Å². The summed E-state index contributed by atoms with van der Waals surface area (Å²) in [7, 11) is 0. The molecule has 6 nitrogen and oxygen atoms in total. The third kappa shape index (κ3) is 4.55. The molecule has 1 saturated carbocycles. The highest BCUT2D eigenvalue weighted by Gasteiger charge is 2.46. The van der Waals surface area contributed by atoms with E-state index >= 15 is 0 Å². The molecule has 1 aromatic heterocycles. The molecule has 2 heterocycles. The smallest absolute Gasteiger partial charge is 0.306 e. The van der Waals surface area contributed by atoms with Gasteiger partial charge in [-0.2, -0.15) is 0 Å². The van der Waals surface area contributed by atoms with Gasteiger partial charge in [-0.25, -0.2) is 0 Å². The van der Waals surface area contributed by atoms with Gasteiger partial charge in [0.1, 0.15) is 18.2 Å². The van der Waals surface area contributed by atoms with E-state index in [4.69, 9.17) is 27.9 Å². The Bertz CT molecular complexity index is 917. The first-order valence-corrected chi connectivity index (χ1v) is 10.2. The zero-order valence-corrected chi connectivity index (χ0v) is 17.0. The summed E-state index contributed by atoms with van der Waals surface area (Å²) in [6.07, 6.45) is 1.60. The number of rotatable bonds is 6. The number of aromatic nitrogens is 1. The zero-order valence-electron chi connectivity index (χ0n) is 15.5. The topological polar surface area (TPSA) is 79.7 Å². The first-order chi connectivity index (χ1) is 13.9. The molecule has 152 valence electrons. The van der Waals surface area contributed by atoms with Gasteiger partial charge in [0.25, 0.3) is 5.91 Å². The molecule has 4 rings (SSSR count). The summed E-state index contributed by atoms with van der Waals surface area (Å²) < 4.78 is 6.08. The summed E-state index contributed by atoms with van der Waals surface area (Å²) in [6, 6.07) is 10.2. The number of pyridine rings is 1. The van der Waals surface area contributed by atoms with Crippen molar-refractivity contribution in [2.24, 2.45) is 5.92 Å². The van der Waals surface area contributed by atoms with Crippen molar-refractivity contribution in [1.82, 2.24) is 9.88 Å². The number of amides is 1. The van der Waals surface area contributed by atoms with Crippen LogP contribution in [-0.2, 0) is 14.3 Å². The Labute approximate surface area is 178 Å². The van der Waals surface area contributed by atoms with Crippen molar-refractivity contribution in [3.05, 3.63) is 63.9 Å². The van der Waals surface area contributed by atoms with Crippen LogP contribution in [0.4, 0.5) is 0 Å². The third-order valence-corrected chi connectivity index (χ3v) is 5.69. The quantitative estimate of drug-likeness (QED) is 0.733. The van der Waals surface area contributed by atoms with Gasteiger partial charge in [0.2, 0.25) is 0 Å². The number of carboxylic acids is 1. The van der Waals surface area contributed by atoms with E-state index in [0.717, 1.165) is 18.4 Å². The molecule has 2 aromatic rings. The minimum atomic E-state index is -1.08. The Morgan fingerprint density at radius 1 is 1.21 bits per heavy atom. The van der Waals surface area contributed by atoms with E-state index in [1.165, 1.54) is 6.20 Å². The summed E-state index contributed by atoms with van der Waals surface area (Å²) in [5.74, 6) is -0.987. The van der Waals surface area contributed by atoms with E-state index in [9.17, 15) is 14.7 Å². The molecular weight excluding hydrogens is 415 g/mol. The van der Waals surface area contributed by atoms with Crippen LogP contribution in [0.5, 0.6) is 0 Å². The lowest BCUT2D eigenvalue weighted by Gasteiger charge is -2.44. The van der Waals surface area contributed by atoms with Crippen molar-refractivity contribution >= 4 is 35.1 Å². The van der Waals surface area contributed by atoms with E-state index in [1.54, 1.807) is 35.2 Å². The fourth-order valence-corrected chi connectivity index (χ4v) is 4.00. The molecule has 29 heavy (non-hydrogen) atoms. The van der Waals surface area contributed by atoms with Crippen LogP contribution in [0, 0.1) is 5.92 Å². The number of carboxylic acid groups (broad SMARTS) is 1. The van der Waals surface area contributed by atoms with E-state index in [2.05, 4.69) is 4.98 Å². The highest BCUT2D eigenvalue weighted by Crippen LogP contribution is 2.44. The minimum absolute atomic E-state index is 0.320. The molecule has 1 N–H and O–H groups in total. The molecule has 0 spiro atoms. The first kappa shape index (κ1) is 20.1. The van der Waals surface area contributed by atoms with E-state index in [-0.39, 0.29) is 5.91 Å². The van der Waals surface area contributed by atoms with Crippen LogP contribution in [0.15, 0.2) is 42.6 Å². The number of aliphatic carboxylic acids is 1. The summed E-state index contributed by atoms with van der Waals surface area (Å²) in [5, 5.41) is 10.3. The van der Waals surface area contributed by atoms with Gasteiger partial charge in [-0.15, -0.1) is 0 Å². The lowest BCUT2D eigenvalue weighted by atomic mass is 9.93. The van der Waals surface area contributed by atoms with Crippen LogP contribution >= 0.6 is 23.2 Å². The molecule has 0 bridgehead atoms. The van der Waals surface area contributed by atoms with E-state index in [1.807, 2.05) is 6.07 Å². The molecule has 3 atom stereocenters. The van der Waals surface area contributed by atoms with Crippen LogP contribution in [-0.4, -0.2) is 39.5 Å². The van der Waals surface area contributed by atoms with Gasteiger partial charge >= 0.3 is 5.97 Å². The maximum atomic E-state index is 13.2. The number of hydrogen-bond acceptors (Lipinski definition) is 4. The Morgan fingerprint density at radius 3 is 2.62 bits per heavy atom. The maximum Gasteiger partial charge on any atom is 0.306 e. The Morgan fingerprint density at radius 2 is 2.00 bits per heavy atom. The number of nitrogens with zero attached hydrogens (tertiary/aromatic N) is 2. The van der Waals surface area contributed by atoms with Crippen molar-refractivity contribution in [3.8, 4) is 0 Å². The van der Waals surface area contributed by atoms with Crippen LogP contribution < -0.4 is 0 Å². The van der Waals surface area contributed by atoms with Gasteiger partial charge in [0.15, 0.2) is 0 Å². The molecule has 0 radical (unpaired) electrons. The number of carbonyl (C=O) groups excluding carboxylic acids is 1. The molecular formula is C21H20Cl2N2O4. The van der Waals surface area contributed by atoms with Gasteiger partial charge in [-0.1, -0.05) is 35.3 Å². The summed E-state index contributed by atoms with van der Waals surface area (Å²) in [5.41, 5.74) is 1.41. The lowest BCUT2D eigenvalue weighted by Crippen LogP contribution is -2.52. The average molecular weight is 435 g/mol. The van der Waals surface area contributed by atoms with Gasteiger partial charge in [0, 0.05) is 17.8 Å². The number of benzene rings is 1. The standard InChI is InChI=1S/C21H20Cl2N2O4/c22-14-3-1-2-13(8-14)20-19(16-7-6-15(23)10-24-16)25(11-12-4-5-12)21(28)17(29-20)9-18(26)27/h1-3,6-8,10,12,17,19-20H,4-5,9,11H2,(H,26,27)/t17?,19-,20-/m1/s1. The number of halogens is 2. The largest absolute Gasteiger partial charge is 0.481 e. The average Bonchev–Trinajstić information content (AvgIpc) is 3.49. The predicted octanol–water partition coefficient (Wildman–Crippen LogP) is 4.28. The highest BCUT2D eigenvalue weighted by molar-refractivity contribution is 6.30. The molecule has 2 fully saturated rings. The van der Waals surface area contributed by atoms with Gasteiger partial charge in [-0.05, 0) is 48.6 Å². The van der Waals surface area contributed by atoms with Crippen LogP contribution in [0.3, 0.4) is 0 Å². The predicted molar refractivity (Wildman–Crippen MR) is 108 cm³/mol. The summed E-state index contributed by atoms with van der Waals surface area (Å²) >= 11 is 12.2. The molecule has 1 aliphatic heterocycles. The zero-order chi connectivity index (χ0) is 20.5. The Balaban J connectivity index is 1.78. The van der Waals surface area contributed by atoms with Gasteiger partial charge < -0.3 is 14.7 Å². The number of hydrogen-bond donors (Lipinski definition) is 1. The summed E-state index contributed by atoms with van der Waals surface area (Å²) in [4.78, 5) is 30.7. The number of morpholine rings is 1. The monoisotopic (exact) mass is 434 g/mol. The SMILES string of the molecule is O=C(O)CC1O[C@H](c2cccc(Cl)c2)[C@@H](c2ccc(Cl)cn2)N(CC2CC2)C1=O. The van der Waals surface area contributed by atoms with Crippen molar-refractivity contribution in [3.63, 3.8) is 0 Å². The van der Waals surface area contributed by atoms with Crippen molar-refractivity contribution < 1.29 is 19.4 Å². The molecule has 1 amide bonds. The van der Waals surface area contributed by atoms with Crippen LogP contribution in [0.25, 0.3) is 0 Å². The Hall–Kier alpha value is -2.15. The highest BCUT2D eigenvalue weighted by atomic mass is 35.5. The normalized spacial score (nSPS) is 24.6. The molecule has 1 aromatic carbocycles. The van der Waals surface area contributed by atoms with Crippen LogP contribution in [0.2, 0.25) is 10.0 Å². The molecule has 8 heteroatoms. The molecule has 2 aliphatic rings. The molecule has 1 unspecified atom stereocenters. The third-order valence-electron chi connectivity index (χ3n) is 5.23. The Kier molecular flexibility index (Phi) is 5.76.